The van der Waals surface area contributed by atoms with Gasteiger partial charge in [-0.1, -0.05) is 25.1 Å². The van der Waals surface area contributed by atoms with Gasteiger partial charge in [-0.05, 0) is 24.2 Å². The Bertz CT molecular complexity index is 365. The van der Waals surface area contributed by atoms with Gasteiger partial charge in [0.2, 0.25) is 0 Å². The van der Waals surface area contributed by atoms with Gasteiger partial charge in [-0.3, -0.25) is 4.90 Å². The number of rotatable bonds is 11. The molecule has 4 heteroatoms. The zero-order chi connectivity index (χ0) is 14.6. The summed E-state index contributed by atoms with van der Waals surface area (Å²) in [6, 6.07) is 8.15. The Balaban J connectivity index is 2.31. The first kappa shape index (κ1) is 16.7. The molecule has 0 saturated carbocycles. The maximum Gasteiger partial charge on any atom is 0.119 e. The molecule has 0 amide bonds. The van der Waals surface area contributed by atoms with Gasteiger partial charge in [-0.2, -0.15) is 0 Å². The molecule has 20 heavy (non-hydrogen) atoms. The van der Waals surface area contributed by atoms with Crippen LogP contribution in [0.15, 0.2) is 36.9 Å². The Hall–Kier alpha value is -1.36. The van der Waals surface area contributed by atoms with Crippen molar-refractivity contribution in [1.82, 2.24) is 10.2 Å². The average Bonchev–Trinajstić information content (AvgIpc) is 2.47. The van der Waals surface area contributed by atoms with Gasteiger partial charge >= 0.3 is 0 Å². The van der Waals surface area contributed by atoms with Crippen LogP contribution in [0.25, 0.3) is 0 Å². The molecule has 0 aromatic heterocycles. The van der Waals surface area contributed by atoms with Crippen LogP contribution in [0, 0.1) is 0 Å². The van der Waals surface area contributed by atoms with Gasteiger partial charge in [-0.25, -0.2) is 0 Å². The first-order valence-corrected chi connectivity index (χ1v) is 7.16. The van der Waals surface area contributed by atoms with Crippen molar-refractivity contribution in [2.24, 2.45) is 0 Å². The minimum absolute atomic E-state index is 0.160. The maximum absolute atomic E-state index is 8.96. The van der Waals surface area contributed by atoms with E-state index in [1.807, 2.05) is 18.2 Å². The van der Waals surface area contributed by atoms with E-state index < -0.39 is 0 Å². The second kappa shape index (κ2) is 10.4. The normalized spacial score (nSPS) is 10.8. The molecule has 1 aromatic rings. The lowest BCUT2D eigenvalue weighted by Gasteiger charge is -2.19. The van der Waals surface area contributed by atoms with Crippen molar-refractivity contribution in [3.05, 3.63) is 42.5 Å². The number of hydrogen-bond acceptors (Lipinski definition) is 4. The lowest BCUT2D eigenvalue weighted by atomic mass is 10.2. The summed E-state index contributed by atoms with van der Waals surface area (Å²) in [5, 5.41) is 12.2. The maximum atomic E-state index is 8.96. The smallest absolute Gasteiger partial charge is 0.119 e. The molecule has 1 rings (SSSR count). The van der Waals surface area contributed by atoms with Crippen LogP contribution >= 0.6 is 0 Å². The lowest BCUT2D eigenvalue weighted by Crippen LogP contribution is -2.31. The predicted octanol–water partition coefficient (Wildman–Crippen LogP) is 1.66. The van der Waals surface area contributed by atoms with Crippen LogP contribution < -0.4 is 10.1 Å². The van der Waals surface area contributed by atoms with E-state index in [1.165, 1.54) is 5.56 Å². The molecular weight excluding hydrogens is 252 g/mol. The van der Waals surface area contributed by atoms with Crippen molar-refractivity contribution in [1.29, 1.82) is 0 Å². The van der Waals surface area contributed by atoms with Crippen molar-refractivity contribution in [2.45, 2.75) is 13.5 Å². The average molecular weight is 278 g/mol. The number of aliphatic hydroxyl groups is 1. The highest BCUT2D eigenvalue weighted by molar-refractivity contribution is 5.27. The summed E-state index contributed by atoms with van der Waals surface area (Å²) >= 11 is 0. The molecule has 0 atom stereocenters. The fourth-order valence-corrected chi connectivity index (χ4v) is 1.88. The topological polar surface area (TPSA) is 44.7 Å². The molecule has 0 heterocycles. The van der Waals surface area contributed by atoms with Gasteiger partial charge in [0.1, 0.15) is 12.4 Å². The Morgan fingerprint density at radius 3 is 2.65 bits per heavy atom. The van der Waals surface area contributed by atoms with E-state index in [1.54, 1.807) is 0 Å². The van der Waals surface area contributed by atoms with Crippen molar-refractivity contribution in [3.8, 4) is 5.75 Å². The minimum atomic E-state index is 0.160. The molecule has 4 nitrogen and oxygen atoms in total. The highest BCUT2D eigenvalue weighted by Gasteiger charge is 2.02. The van der Waals surface area contributed by atoms with Crippen LogP contribution in [0.4, 0.5) is 0 Å². The van der Waals surface area contributed by atoms with Gasteiger partial charge < -0.3 is 15.2 Å². The van der Waals surface area contributed by atoms with Gasteiger partial charge in [0.25, 0.3) is 0 Å². The standard InChI is InChI=1S/C16H26N2O2/c1-3-9-18(10-12-19)11-13-20-16-7-5-15(6-8-16)14-17-4-2/h3,5-8,17,19H,1,4,9-14H2,2H3. The first-order chi connectivity index (χ1) is 9.80. The van der Waals surface area contributed by atoms with Crippen LogP contribution in [0.3, 0.4) is 0 Å². The summed E-state index contributed by atoms with van der Waals surface area (Å²) in [7, 11) is 0. The molecule has 0 radical (unpaired) electrons. The van der Waals surface area contributed by atoms with Crippen molar-refractivity contribution < 1.29 is 9.84 Å². The molecule has 0 fully saturated rings. The minimum Gasteiger partial charge on any atom is -0.492 e. The summed E-state index contributed by atoms with van der Waals surface area (Å²) in [5.41, 5.74) is 1.26. The summed E-state index contributed by atoms with van der Waals surface area (Å²) in [6.07, 6.45) is 1.84. The van der Waals surface area contributed by atoms with Crippen molar-refractivity contribution in [2.75, 3.05) is 39.4 Å². The number of ether oxygens (including phenoxy) is 1. The van der Waals surface area contributed by atoms with Crippen molar-refractivity contribution >= 4 is 0 Å². The molecule has 0 spiro atoms. The van der Waals surface area contributed by atoms with Gasteiger partial charge in [0.15, 0.2) is 0 Å². The largest absolute Gasteiger partial charge is 0.492 e. The second-order valence-electron chi connectivity index (χ2n) is 4.59. The van der Waals surface area contributed by atoms with Crippen molar-refractivity contribution in [3.63, 3.8) is 0 Å². The predicted molar refractivity (Wildman–Crippen MR) is 83.0 cm³/mol. The molecule has 0 aliphatic rings. The SMILES string of the molecule is C=CCN(CCO)CCOc1ccc(CNCC)cc1. The van der Waals surface area contributed by atoms with Crippen LogP contribution in [-0.2, 0) is 6.54 Å². The third kappa shape index (κ3) is 6.70. The zero-order valence-corrected chi connectivity index (χ0v) is 12.3. The Morgan fingerprint density at radius 1 is 1.30 bits per heavy atom. The Morgan fingerprint density at radius 2 is 2.05 bits per heavy atom. The summed E-state index contributed by atoms with van der Waals surface area (Å²) in [4.78, 5) is 2.10. The Kier molecular flexibility index (Phi) is 8.71. The van der Waals surface area contributed by atoms with E-state index in [9.17, 15) is 0 Å². The summed E-state index contributed by atoms with van der Waals surface area (Å²) in [6.45, 7) is 10.6. The van der Waals surface area contributed by atoms with Gasteiger partial charge in [-0.15, -0.1) is 6.58 Å². The number of nitrogens with one attached hydrogen (secondary N) is 1. The Labute approximate surface area is 122 Å². The van der Waals surface area contributed by atoms with Gasteiger partial charge in [0.05, 0.1) is 6.61 Å². The third-order valence-corrected chi connectivity index (χ3v) is 2.98. The van der Waals surface area contributed by atoms with Crippen LogP contribution in [0.2, 0.25) is 0 Å². The lowest BCUT2D eigenvalue weighted by molar-refractivity contribution is 0.180. The monoisotopic (exact) mass is 278 g/mol. The highest BCUT2D eigenvalue weighted by Crippen LogP contribution is 2.12. The molecule has 0 saturated heterocycles. The molecular formula is C16H26N2O2. The number of benzene rings is 1. The molecule has 0 aliphatic heterocycles. The molecule has 112 valence electrons. The molecule has 0 unspecified atom stereocenters. The van der Waals surface area contributed by atoms with E-state index in [0.29, 0.717) is 13.2 Å². The molecule has 0 aliphatic carbocycles. The number of aliphatic hydroxyl groups excluding tert-OH is 1. The summed E-state index contributed by atoms with van der Waals surface area (Å²) in [5.74, 6) is 0.882. The quantitative estimate of drug-likeness (QED) is 0.604. The third-order valence-electron chi connectivity index (χ3n) is 2.98. The van der Waals surface area contributed by atoms with E-state index in [2.05, 4.69) is 35.9 Å². The van der Waals surface area contributed by atoms with Crippen LogP contribution in [0.5, 0.6) is 5.75 Å². The summed E-state index contributed by atoms with van der Waals surface area (Å²) < 4.78 is 5.71. The number of nitrogens with zero attached hydrogens (tertiary/aromatic N) is 1. The molecule has 2 N–H and O–H groups in total. The fourth-order valence-electron chi connectivity index (χ4n) is 1.88. The van der Waals surface area contributed by atoms with Crippen LogP contribution in [-0.4, -0.2) is 49.4 Å². The number of hydrogen-bond donors (Lipinski definition) is 2. The molecule has 1 aromatic carbocycles. The van der Waals surface area contributed by atoms with E-state index in [0.717, 1.165) is 31.9 Å². The molecule has 0 bridgehead atoms. The van der Waals surface area contributed by atoms with Gasteiger partial charge in [0, 0.05) is 26.2 Å². The van der Waals surface area contributed by atoms with E-state index in [4.69, 9.17) is 9.84 Å². The van der Waals surface area contributed by atoms with E-state index >= 15 is 0 Å². The zero-order valence-electron chi connectivity index (χ0n) is 12.3. The highest BCUT2D eigenvalue weighted by atomic mass is 16.5. The van der Waals surface area contributed by atoms with E-state index in [-0.39, 0.29) is 6.61 Å². The van der Waals surface area contributed by atoms with Crippen LogP contribution in [0.1, 0.15) is 12.5 Å². The first-order valence-electron chi connectivity index (χ1n) is 7.16. The fraction of sp³-hybridized carbons (Fsp3) is 0.500. The second-order valence-corrected chi connectivity index (χ2v) is 4.59.